The summed E-state index contributed by atoms with van der Waals surface area (Å²) < 4.78 is 0. The Balaban J connectivity index is 2.38. The van der Waals surface area contributed by atoms with Crippen LogP contribution in [-0.2, 0) is 0 Å². The van der Waals surface area contributed by atoms with E-state index >= 15 is 0 Å². The van der Waals surface area contributed by atoms with Crippen LogP contribution in [0.4, 0.5) is 0 Å². The Morgan fingerprint density at radius 2 is 2.43 bits per heavy atom. The number of thiophene rings is 1. The highest BCUT2D eigenvalue weighted by Crippen LogP contribution is 2.23. The molecule has 0 aliphatic heterocycles. The molecular formula is C12H17NS. The van der Waals surface area contributed by atoms with E-state index in [0.29, 0.717) is 6.04 Å². The smallest absolute Gasteiger partial charge is 0.0410 e. The molecule has 0 aliphatic rings. The molecule has 1 rings (SSSR count). The molecule has 1 atom stereocenters. The van der Waals surface area contributed by atoms with E-state index in [1.165, 1.54) is 4.88 Å². The summed E-state index contributed by atoms with van der Waals surface area (Å²) in [5, 5.41) is 2.13. The molecule has 14 heavy (non-hydrogen) atoms. The number of hydrogen-bond acceptors (Lipinski definition) is 2. The number of hydrogen-bond donors (Lipinski definition) is 0. The minimum absolute atomic E-state index is 0.507. The van der Waals surface area contributed by atoms with Crippen molar-refractivity contribution >= 4 is 11.3 Å². The summed E-state index contributed by atoms with van der Waals surface area (Å²) in [6, 6.07) is 4.80. The van der Waals surface area contributed by atoms with Crippen LogP contribution in [0.2, 0.25) is 0 Å². The average molecular weight is 207 g/mol. The Kier molecular flexibility index (Phi) is 4.72. The molecule has 0 saturated heterocycles. The van der Waals surface area contributed by atoms with Gasteiger partial charge < -0.3 is 0 Å². The lowest BCUT2D eigenvalue weighted by Gasteiger charge is -2.23. The molecule has 2 heteroatoms. The van der Waals surface area contributed by atoms with E-state index in [4.69, 9.17) is 6.42 Å². The molecule has 1 aromatic rings. The molecule has 1 unspecified atom stereocenters. The Morgan fingerprint density at radius 3 is 3.00 bits per heavy atom. The fourth-order valence-electron chi connectivity index (χ4n) is 1.37. The van der Waals surface area contributed by atoms with Crippen molar-refractivity contribution in [1.29, 1.82) is 0 Å². The Hall–Kier alpha value is -0.780. The van der Waals surface area contributed by atoms with E-state index in [9.17, 15) is 0 Å². The summed E-state index contributed by atoms with van der Waals surface area (Å²) in [5.41, 5.74) is 0. The first kappa shape index (κ1) is 11.3. The number of rotatable bonds is 5. The fraction of sp³-hybridized carbons (Fsp3) is 0.500. The van der Waals surface area contributed by atoms with Gasteiger partial charge in [0, 0.05) is 17.3 Å². The molecule has 0 bridgehead atoms. The molecule has 1 nitrogen and oxygen atoms in total. The zero-order valence-corrected chi connectivity index (χ0v) is 9.68. The third-order valence-electron chi connectivity index (χ3n) is 2.45. The number of unbranched alkanes of at least 4 members (excludes halogenated alkanes) is 1. The Bertz CT molecular complexity index is 284. The summed E-state index contributed by atoms with van der Waals surface area (Å²) in [4.78, 5) is 3.77. The first-order chi connectivity index (χ1) is 6.75. The summed E-state index contributed by atoms with van der Waals surface area (Å²) in [5.74, 6) is 2.67. The topological polar surface area (TPSA) is 3.24 Å². The molecule has 0 aromatic carbocycles. The van der Waals surface area contributed by atoms with Crippen molar-refractivity contribution in [2.45, 2.75) is 25.8 Å². The molecule has 0 spiro atoms. The first-order valence-corrected chi connectivity index (χ1v) is 5.80. The monoisotopic (exact) mass is 207 g/mol. The summed E-state index contributed by atoms with van der Waals surface area (Å²) in [6.45, 7) is 3.31. The lowest BCUT2D eigenvalue weighted by molar-refractivity contribution is 0.263. The lowest BCUT2D eigenvalue weighted by Crippen LogP contribution is -2.22. The Morgan fingerprint density at radius 1 is 1.64 bits per heavy atom. The van der Waals surface area contributed by atoms with Crippen LogP contribution in [0.15, 0.2) is 17.5 Å². The summed E-state index contributed by atoms with van der Waals surface area (Å²) >= 11 is 1.82. The Labute approximate surface area is 90.8 Å². The highest BCUT2D eigenvalue weighted by atomic mass is 32.1. The number of nitrogens with zero attached hydrogens (tertiary/aromatic N) is 1. The minimum Gasteiger partial charge on any atom is -0.299 e. The third kappa shape index (κ3) is 3.17. The zero-order chi connectivity index (χ0) is 10.4. The molecule has 0 N–H and O–H groups in total. The van der Waals surface area contributed by atoms with Crippen LogP contribution >= 0.6 is 11.3 Å². The van der Waals surface area contributed by atoms with Gasteiger partial charge in [0.05, 0.1) is 0 Å². The van der Waals surface area contributed by atoms with Crippen LogP contribution in [-0.4, -0.2) is 18.5 Å². The van der Waals surface area contributed by atoms with Crippen molar-refractivity contribution in [1.82, 2.24) is 4.90 Å². The lowest BCUT2D eigenvalue weighted by atomic mass is 10.2. The van der Waals surface area contributed by atoms with Gasteiger partial charge in [-0.05, 0) is 38.4 Å². The maximum Gasteiger partial charge on any atom is 0.0410 e. The van der Waals surface area contributed by atoms with Gasteiger partial charge in [-0.25, -0.2) is 0 Å². The summed E-state index contributed by atoms with van der Waals surface area (Å²) in [6.07, 6.45) is 7.18. The van der Waals surface area contributed by atoms with Gasteiger partial charge in [-0.3, -0.25) is 4.90 Å². The maximum absolute atomic E-state index is 5.22. The van der Waals surface area contributed by atoms with Gasteiger partial charge in [0.25, 0.3) is 0 Å². The minimum atomic E-state index is 0.507. The van der Waals surface area contributed by atoms with Gasteiger partial charge in [0.2, 0.25) is 0 Å². The van der Waals surface area contributed by atoms with E-state index in [-0.39, 0.29) is 0 Å². The number of terminal acetylenes is 1. The first-order valence-electron chi connectivity index (χ1n) is 4.93. The predicted octanol–water partition coefficient (Wildman–Crippen LogP) is 3.15. The van der Waals surface area contributed by atoms with E-state index < -0.39 is 0 Å². The average Bonchev–Trinajstić information content (AvgIpc) is 2.69. The molecule has 0 fully saturated rings. The quantitative estimate of drug-likeness (QED) is 0.529. The van der Waals surface area contributed by atoms with Crippen molar-refractivity contribution in [3.05, 3.63) is 22.4 Å². The van der Waals surface area contributed by atoms with Crippen molar-refractivity contribution < 1.29 is 0 Å². The van der Waals surface area contributed by atoms with Crippen LogP contribution in [0.5, 0.6) is 0 Å². The SMILES string of the molecule is C#CCCCN(C)C(C)c1cccs1. The molecule has 76 valence electrons. The van der Waals surface area contributed by atoms with Crippen LogP contribution in [0, 0.1) is 12.3 Å². The molecule has 1 heterocycles. The fourth-order valence-corrected chi connectivity index (χ4v) is 2.22. The highest BCUT2D eigenvalue weighted by Gasteiger charge is 2.11. The van der Waals surface area contributed by atoms with Crippen LogP contribution < -0.4 is 0 Å². The third-order valence-corrected chi connectivity index (χ3v) is 3.49. The molecular weight excluding hydrogens is 190 g/mol. The van der Waals surface area contributed by atoms with Gasteiger partial charge >= 0.3 is 0 Å². The van der Waals surface area contributed by atoms with E-state index in [2.05, 4.69) is 42.3 Å². The van der Waals surface area contributed by atoms with Crippen LogP contribution in [0.1, 0.15) is 30.7 Å². The van der Waals surface area contributed by atoms with Gasteiger partial charge in [0.15, 0.2) is 0 Å². The van der Waals surface area contributed by atoms with Gasteiger partial charge in [0.1, 0.15) is 0 Å². The zero-order valence-electron chi connectivity index (χ0n) is 8.86. The molecule has 0 saturated carbocycles. The van der Waals surface area contributed by atoms with E-state index in [1.54, 1.807) is 0 Å². The van der Waals surface area contributed by atoms with Crippen LogP contribution in [0.3, 0.4) is 0 Å². The van der Waals surface area contributed by atoms with Crippen LogP contribution in [0.25, 0.3) is 0 Å². The summed E-state index contributed by atoms with van der Waals surface area (Å²) in [7, 11) is 2.15. The van der Waals surface area contributed by atoms with Crippen molar-refractivity contribution in [3.63, 3.8) is 0 Å². The molecule has 0 aliphatic carbocycles. The second kappa shape index (κ2) is 5.85. The van der Waals surface area contributed by atoms with E-state index in [1.807, 2.05) is 11.3 Å². The maximum atomic E-state index is 5.22. The second-order valence-corrected chi connectivity index (χ2v) is 4.46. The standard InChI is InChI=1S/C12H17NS/c1-4-5-6-9-13(3)11(2)12-8-7-10-14-12/h1,7-8,10-11H,5-6,9H2,2-3H3. The molecule has 1 aromatic heterocycles. The van der Waals surface area contributed by atoms with Crippen molar-refractivity contribution in [3.8, 4) is 12.3 Å². The largest absolute Gasteiger partial charge is 0.299 e. The molecule has 0 radical (unpaired) electrons. The molecule has 0 amide bonds. The van der Waals surface area contributed by atoms with Crippen molar-refractivity contribution in [2.24, 2.45) is 0 Å². The second-order valence-electron chi connectivity index (χ2n) is 3.48. The van der Waals surface area contributed by atoms with Crippen molar-refractivity contribution in [2.75, 3.05) is 13.6 Å². The van der Waals surface area contributed by atoms with E-state index in [0.717, 1.165) is 19.4 Å². The normalized spacial score (nSPS) is 12.7. The van der Waals surface area contributed by atoms with Gasteiger partial charge in [-0.2, -0.15) is 0 Å². The van der Waals surface area contributed by atoms with Gasteiger partial charge in [-0.15, -0.1) is 23.7 Å². The highest BCUT2D eigenvalue weighted by molar-refractivity contribution is 7.10. The van der Waals surface area contributed by atoms with Gasteiger partial charge in [-0.1, -0.05) is 6.07 Å². The predicted molar refractivity (Wildman–Crippen MR) is 63.4 cm³/mol.